The predicted octanol–water partition coefficient (Wildman–Crippen LogP) is 3.29. The number of pyridine rings is 1. The standard InChI is InChI=1S/C13H9BrN2O/c14-12-4-2-1-3-11(12)9-17-13-8-16-6-5-10(13)7-15/h1-6,8H,9H2. The number of hydrogen-bond donors (Lipinski definition) is 0. The van der Waals surface area contributed by atoms with Crippen LogP contribution in [0.2, 0.25) is 0 Å². The molecule has 0 unspecified atom stereocenters. The predicted molar refractivity (Wildman–Crippen MR) is 67.4 cm³/mol. The van der Waals surface area contributed by atoms with Gasteiger partial charge in [-0.2, -0.15) is 5.26 Å². The van der Waals surface area contributed by atoms with Gasteiger partial charge in [-0.05, 0) is 12.1 Å². The van der Waals surface area contributed by atoms with Crippen LogP contribution in [0.1, 0.15) is 11.1 Å². The zero-order valence-corrected chi connectivity index (χ0v) is 10.5. The van der Waals surface area contributed by atoms with Crippen molar-refractivity contribution in [2.24, 2.45) is 0 Å². The maximum Gasteiger partial charge on any atom is 0.155 e. The third kappa shape index (κ3) is 2.83. The van der Waals surface area contributed by atoms with E-state index in [9.17, 15) is 0 Å². The summed E-state index contributed by atoms with van der Waals surface area (Å²) < 4.78 is 6.57. The van der Waals surface area contributed by atoms with Gasteiger partial charge in [0.2, 0.25) is 0 Å². The highest BCUT2D eigenvalue weighted by atomic mass is 79.9. The van der Waals surface area contributed by atoms with Gasteiger partial charge >= 0.3 is 0 Å². The van der Waals surface area contributed by atoms with E-state index in [0.717, 1.165) is 10.0 Å². The molecule has 1 aromatic carbocycles. The van der Waals surface area contributed by atoms with Crippen LogP contribution in [-0.2, 0) is 6.61 Å². The van der Waals surface area contributed by atoms with Crippen molar-refractivity contribution in [3.8, 4) is 11.8 Å². The van der Waals surface area contributed by atoms with Crippen LogP contribution in [-0.4, -0.2) is 4.98 Å². The Bertz CT molecular complexity index is 563. The van der Waals surface area contributed by atoms with Gasteiger partial charge in [0.1, 0.15) is 12.7 Å². The maximum atomic E-state index is 8.90. The molecule has 0 aliphatic carbocycles. The average molecular weight is 289 g/mol. The molecule has 0 atom stereocenters. The fourth-order valence-electron chi connectivity index (χ4n) is 1.36. The summed E-state index contributed by atoms with van der Waals surface area (Å²) in [4.78, 5) is 3.94. The Hall–Kier alpha value is -1.86. The molecule has 0 aliphatic heterocycles. The van der Waals surface area contributed by atoms with Gasteiger partial charge in [-0.25, -0.2) is 0 Å². The van der Waals surface area contributed by atoms with E-state index in [1.54, 1.807) is 18.5 Å². The summed E-state index contributed by atoms with van der Waals surface area (Å²) >= 11 is 3.44. The molecule has 1 aromatic heterocycles. The Morgan fingerprint density at radius 3 is 2.88 bits per heavy atom. The van der Waals surface area contributed by atoms with Crippen LogP contribution in [0.3, 0.4) is 0 Å². The molecule has 3 nitrogen and oxygen atoms in total. The lowest BCUT2D eigenvalue weighted by Gasteiger charge is -2.08. The summed E-state index contributed by atoms with van der Waals surface area (Å²) in [6.07, 6.45) is 3.12. The van der Waals surface area contributed by atoms with Gasteiger partial charge in [0.05, 0.1) is 11.8 Å². The lowest BCUT2D eigenvalue weighted by atomic mass is 10.2. The summed E-state index contributed by atoms with van der Waals surface area (Å²) in [6, 6.07) is 11.5. The number of nitriles is 1. The molecule has 0 fully saturated rings. The van der Waals surface area contributed by atoms with Gasteiger partial charge in [-0.1, -0.05) is 34.1 Å². The lowest BCUT2D eigenvalue weighted by molar-refractivity contribution is 0.303. The number of aromatic nitrogens is 1. The summed E-state index contributed by atoms with van der Waals surface area (Å²) in [5.74, 6) is 0.505. The third-order valence-electron chi connectivity index (χ3n) is 2.25. The van der Waals surface area contributed by atoms with Crippen LogP contribution < -0.4 is 4.74 Å². The van der Waals surface area contributed by atoms with Crippen molar-refractivity contribution in [2.45, 2.75) is 6.61 Å². The molecular formula is C13H9BrN2O. The molecule has 84 valence electrons. The van der Waals surface area contributed by atoms with Crippen molar-refractivity contribution in [3.63, 3.8) is 0 Å². The van der Waals surface area contributed by atoms with Crippen LogP contribution >= 0.6 is 15.9 Å². The number of hydrogen-bond acceptors (Lipinski definition) is 3. The number of nitrogens with zero attached hydrogens (tertiary/aromatic N) is 2. The molecule has 0 spiro atoms. The molecule has 0 radical (unpaired) electrons. The molecule has 1 heterocycles. The van der Waals surface area contributed by atoms with E-state index in [1.165, 1.54) is 0 Å². The highest BCUT2D eigenvalue weighted by Crippen LogP contribution is 2.20. The molecule has 0 bridgehead atoms. The smallest absolute Gasteiger partial charge is 0.155 e. The van der Waals surface area contributed by atoms with Gasteiger partial charge in [0.15, 0.2) is 5.75 Å². The molecule has 0 N–H and O–H groups in total. The largest absolute Gasteiger partial charge is 0.486 e. The van der Waals surface area contributed by atoms with E-state index in [1.807, 2.05) is 24.3 Å². The van der Waals surface area contributed by atoms with E-state index in [2.05, 4.69) is 27.0 Å². The number of halogens is 1. The van der Waals surface area contributed by atoms with Crippen molar-refractivity contribution in [1.29, 1.82) is 5.26 Å². The highest BCUT2D eigenvalue weighted by molar-refractivity contribution is 9.10. The molecule has 0 aliphatic rings. The van der Waals surface area contributed by atoms with Crippen molar-refractivity contribution >= 4 is 15.9 Å². The average Bonchev–Trinajstić information content (AvgIpc) is 2.38. The normalized spacial score (nSPS) is 9.65. The number of benzene rings is 1. The summed E-state index contributed by atoms with van der Waals surface area (Å²) in [7, 11) is 0. The Kier molecular flexibility index (Phi) is 3.73. The quantitative estimate of drug-likeness (QED) is 0.871. The zero-order valence-electron chi connectivity index (χ0n) is 8.93. The van der Waals surface area contributed by atoms with Crippen LogP contribution in [0.15, 0.2) is 47.2 Å². The van der Waals surface area contributed by atoms with Gasteiger partial charge in [0, 0.05) is 16.2 Å². The molecule has 2 aromatic rings. The second kappa shape index (κ2) is 5.46. The summed E-state index contributed by atoms with van der Waals surface area (Å²) in [5.41, 5.74) is 1.52. The first-order valence-electron chi connectivity index (χ1n) is 5.01. The van der Waals surface area contributed by atoms with Crippen molar-refractivity contribution in [3.05, 3.63) is 58.3 Å². The van der Waals surface area contributed by atoms with Crippen molar-refractivity contribution in [2.75, 3.05) is 0 Å². The van der Waals surface area contributed by atoms with E-state index >= 15 is 0 Å². The van der Waals surface area contributed by atoms with E-state index in [0.29, 0.717) is 17.9 Å². The third-order valence-corrected chi connectivity index (χ3v) is 3.02. The Morgan fingerprint density at radius 1 is 1.29 bits per heavy atom. The monoisotopic (exact) mass is 288 g/mol. The van der Waals surface area contributed by atoms with E-state index < -0.39 is 0 Å². The topological polar surface area (TPSA) is 45.9 Å². The SMILES string of the molecule is N#Cc1ccncc1OCc1ccccc1Br. The van der Waals surface area contributed by atoms with Gasteiger partial charge in [-0.3, -0.25) is 4.98 Å². The number of ether oxygens (including phenoxy) is 1. The maximum absolute atomic E-state index is 8.90. The molecule has 0 amide bonds. The molecule has 4 heteroatoms. The van der Waals surface area contributed by atoms with Crippen molar-refractivity contribution < 1.29 is 4.74 Å². The van der Waals surface area contributed by atoms with Gasteiger partial charge < -0.3 is 4.74 Å². The number of rotatable bonds is 3. The first-order chi connectivity index (χ1) is 8.31. The first kappa shape index (κ1) is 11.6. The second-order valence-electron chi connectivity index (χ2n) is 3.36. The van der Waals surface area contributed by atoms with Crippen LogP contribution in [0.25, 0.3) is 0 Å². The minimum atomic E-state index is 0.405. The first-order valence-corrected chi connectivity index (χ1v) is 5.81. The summed E-state index contributed by atoms with van der Waals surface area (Å²) in [5, 5.41) is 8.90. The highest BCUT2D eigenvalue weighted by Gasteiger charge is 2.04. The second-order valence-corrected chi connectivity index (χ2v) is 4.22. The minimum absolute atomic E-state index is 0.405. The van der Waals surface area contributed by atoms with Crippen LogP contribution in [0, 0.1) is 11.3 Å². The zero-order chi connectivity index (χ0) is 12.1. The molecular weight excluding hydrogens is 280 g/mol. The Labute approximate surface area is 108 Å². The molecule has 17 heavy (non-hydrogen) atoms. The molecule has 0 saturated heterocycles. The Morgan fingerprint density at radius 2 is 2.12 bits per heavy atom. The van der Waals surface area contributed by atoms with E-state index in [-0.39, 0.29) is 0 Å². The van der Waals surface area contributed by atoms with E-state index in [4.69, 9.17) is 10.00 Å². The molecule has 0 saturated carbocycles. The molecule has 2 rings (SSSR count). The van der Waals surface area contributed by atoms with Crippen LogP contribution in [0.4, 0.5) is 0 Å². The Balaban J connectivity index is 2.13. The van der Waals surface area contributed by atoms with Gasteiger partial charge in [0.25, 0.3) is 0 Å². The lowest BCUT2D eigenvalue weighted by Crippen LogP contribution is -1.98. The minimum Gasteiger partial charge on any atom is -0.486 e. The van der Waals surface area contributed by atoms with Gasteiger partial charge in [-0.15, -0.1) is 0 Å². The fraction of sp³-hybridized carbons (Fsp3) is 0.0769. The fourth-order valence-corrected chi connectivity index (χ4v) is 1.76. The van der Waals surface area contributed by atoms with Crippen molar-refractivity contribution in [1.82, 2.24) is 4.98 Å². The van der Waals surface area contributed by atoms with Crippen LogP contribution in [0.5, 0.6) is 5.75 Å². The summed E-state index contributed by atoms with van der Waals surface area (Å²) in [6.45, 7) is 0.405.